The molecule has 0 saturated heterocycles. The van der Waals surface area contributed by atoms with E-state index in [2.05, 4.69) is 0 Å². The molecule has 23 heavy (non-hydrogen) atoms. The van der Waals surface area contributed by atoms with Gasteiger partial charge in [0.2, 0.25) is 10.0 Å². The molecule has 0 fully saturated rings. The van der Waals surface area contributed by atoms with Gasteiger partial charge in [0.25, 0.3) is 0 Å². The smallest absolute Gasteiger partial charge is 0.416 e. The first-order valence-corrected chi connectivity index (χ1v) is 8.44. The van der Waals surface area contributed by atoms with Gasteiger partial charge >= 0.3 is 6.18 Å². The Bertz CT molecular complexity index is 681. The van der Waals surface area contributed by atoms with Crippen LogP contribution in [0.3, 0.4) is 0 Å². The SMILES string of the molecule is CCOc1cc(C(F)(F)F)ccc1CS(=O)(=O)N(CC)CC#N. The number of nitrogens with zero attached hydrogens (tertiary/aromatic N) is 2. The Morgan fingerprint density at radius 3 is 2.43 bits per heavy atom. The Kier molecular flexibility index (Phi) is 6.41. The van der Waals surface area contributed by atoms with Crippen molar-refractivity contribution in [1.82, 2.24) is 4.31 Å². The first kappa shape index (κ1) is 19.3. The molecule has 0 aliphatic heterocycles. The van der Waals surface area contributed by atoms with Gasteiger partial charge in [0, 0.05) is 12.1 Å². The van der Waals surface area contributed by atoms with Crippen molar-refractivity contribution in [2.75, 3.05) is 19.7 Å². The van der Waals surface area contributed by atoms with E-state index in [1.165, 1.54) is 0 Å². The summed E-state index contributed by atoms with van der Waals surface area (Å²) in [7, 11) is -3.83. The van der Waals surface area contributed by atoms with Crippen molar-refractivity contribution in [1.29, 1.82) is 5.26 Å². The summed E-state index contributed by atoms with van der Waals surface area (Å²) in [5.41, 5.74) is -0.789. The Morgan fingerprint density at radius 1 is 1.30 bits per heavy atom. The predicted molar refractivity (Wildman–Crippen MR) is 78.1 cm³/mol. The number of nitriles is 1. The maximum Gasteiger partial charge on any atom is 0.416 e. The summed E-state index contributed by atoms with van der Waals surface area (Å²) in [5.74, 6) is -0.658. The highest BCUT2D eigenvalue weighted by Crippen LogP contribution is 2.34. The highest BCUT2D eigenvalue weighted by Gasteiger charge is 2.32. The molecule has 0 radical (unpaired) electrons. The molecule has 5 nitrogen and oxygen atoms in total. The van der Waals surface area contributed by atoms with Gasteiger partial charge in [0.1, 0.15) is 12.3 Å². The van der Waals surface area contributed by atoms with Crippen molar-refractivity contribution >= 4 is 10.0 Å². The zero-order valence-corrected chi connectivity index (χ0v) is 13.5. The molecule has 0 aliphatic carbocycles. The van der Waals surface area contributed by atoms with Gasteiger partial charge in [-0.2, -0.15) is 22.7 Å². The minimum atomic E-state index is -4.54. The van der Waals surface area contributed by atoms with Crippen LogP contribution in [0.4, 0.5) is 13.2 Å². The third-order valence-corrected chi connectivity index (χ3v) is 4.88. The van der Waals surface area contributed by atoms with Gasteiger partial charge < -0.3 is 4.74 Å². The van der Waals surface area contributed by atoms with Crippen molar-refractivity contribution < 1.29 is 26.3 Å². The second kappa shape index (κ2) is 7.66. The second-order valence-corrected chi connectivity index (χ2v) is 6.56. The van der Waals surface area contributed by atoms with Gasteiger partial charge in [-0.15, -0.1) is 0 Å². The number of benzene rings is 1. The normalized spacial score (nSPS) is 12.2. The Morgan fingerprint density at radius 2 is 1.96 bits per heavy atom. The average molecular weight is 350 g/mol. The van der Waals surface area contributed by atoms with Crippen LogP contribution in [0.2, 0.25) is 0 Å². The summed E-state index contributed by atoms with van der Waals surface area (Å²) in [6.45, 7) is 3.05. The molecule has 1 rings (SSSR count). The number of rotatable bonds is 7. The van der Waals surface area contributed by atoms with Crippen LogP contribution in [0.15, 0.2) is 18.2 Å². The highest BCUT2D eigenvalue weighted by atomic mass is 32.2. The number of hydrogen-bond donors (Lipinski definition) is 0. The molecule has 128 valence electrons. The topological polar surface area (TPSA) is 70.4 Å². The van der Waals surface area contributed by atoms with E-state index in [4.69, 9.17) is 10.00 Å². The average Bonchev–Trinajstić information content (AvgIpc) is 2.45. The van der Waals surface area contributed by atoms with Gasteiger partial charge in [0.15, 0.2) is 0 Å². The maximum atomic E-state index is 12.7. The lowest BCUT2D eigenvalue weighted by Gasteiger charge is -2.19. The second-order valence-electron chi connectivity index (χ2n) is 4.59. The number of alkyl halides is 3. The lowest BCUT2D eigenvalue weighted by atomic mass is 10.1. The zero-order chi connectivity index (χ0) is 17.7. The van der Waals surface area contributed by atoms with E-state index in [9.17, 15) is 21.6 Å². The number of halogens is 3. The summed E-state index contributed by atoms with van der Waals surface area (Å²) in [5, 5.41) is 8.66. The van der Waals surface area contributed by atoms with Crippen molar-refractivity contribution in [2.45, 2.75) is 25.8 Å². The third kappa shape index (κ3) is 5.11. The molecule has 0 amide bonds. The van der Waals surface area contributed by atoms with Crippen LogP contribution in [0.5, 0.6) is 5.75 Å². The van der Waals surface area contributed by atoms with E-state index in [0.717, 1.165) is 22.5 Å². The first-order valence-electron chi connectivity index (χ1n) is 6.83. The van der Waals surface area contributed by atoms with Gasteiger partial charge in [-0.1, -0.05) is 13.0 Å². The molecule has 1 aromatic carbocycles. The van der Waals surface area contributed by atoms with Crippen molar-refractivity contribution in [3.05, 3.63) is 29.3 Å². The van der Waals surface area contributed by atoms with Gasteiger partial charge in [-0.05, 0) is 19.1 Å². The summed E-state index contributed by atoms with van der Waals surface area (Å²) in [6, 6.07) is 4.44. The quantitative estimate of drug-likeness (QED) is 0.709. The van der Waals surface area contributed by atoms with Crippen molar-refractivity contribution in [2.24, 2.45) is 0 Å². The first-order chi connectivity index (χ1) is 10.7. The molecule has 9 heteroatoms. The van der Waals surface area contributed by atoms with Crippen LogP contribution in [0.1, 0.15) is 25.0 Å². The van der Waals surface area contributed by atoms with Gasteiger partial charge in [0.05, 0.1) is 24.0 Å². The van der Waals surface area contributed by atoms with Crippen LogP contribution >= 0.6 is 0 Å². The molecule has 0 bridgehead atoms. The fraction of sp³-hybridized carbons (Fsp3) is 0.500. The standard InChI is InChI=1S/C14H17F3N2O3S/c1-3-19(8-7-18)23(20,21)10-11-5-6-12(14(15,16)17)9-13(11)22-4-2/h5-6,9H,3-4,8,10H2,1-2H3. The third-order valence-electron chi connectivity index (χ3n) is 3.03. The largest absolute Gasteiger partial charge is 0.494 e. The van der Waals surface area contributed by atoms with Crippen LogP contribution in [-0.2, 0) is 22.0 Å². The molecule has 1 aromatic rings. The predicted octanol–water partition coefficient (Wildman–Crippen LogP) is 2.78. The summed E-state index contributed by atoms with van der Waals surface area (Å²) >= 11 is 0. The number of sulfonamides is 1. The van der Waals surface area contributed by atoms with Crippen LogP contribution < -0.4 is 4.74 Å². The fourth-order valence-electron chi connectivity index (χ4n) is 1.91. The molecule has 0 saturated carbocycles. The molecule has 0 heterocycles. The van der Waals surface area contributed by atoms with Gasteiger partial charge in [-0.25, -0.2) is 8.42 Å². The lowest BCUT2D eigenvalue weighted by Crippen LogP contribution is -2.32. The molecule has 0 N–H and O–H groups in total. The molecule has 0 aromatic heterocycles. The van der Waals surface area contributed by atoms with Crippen LogP contribution in [-0.4, -0.2) is 32.4 Å². The monoisotopic (exact) mass is 350 g/mol. The van der Waals surface area contributed by atoms with Crippen LogP contribution in [0, 0.1) is 11.3 Å². The molecule has 0 atom stereocenters. The van der Waals surface area contributed by atoms with Crippen molar-refractivity contribution in [3.63, 3.8) is 0 Å². The molecular weight excluding hydrogens is 333 g/mol. The molecule has 0 aliphatic rings. The summed E-state index contributed by atoms with van der Waals surface area (Å²) in [6.07, 6.45) is -4.54. The number of hydrogen-bond acceptors (Lipinski definition) is 4. The van der Waals surface area contributed by atoms with E-state index < -0.39 is 27.5 Å². The summed E-state index contributed by atoms with van der Waals surface area (Å²) in [4.78, 5) is 0. The summed E-state index contributed by atoms with van der Waals surface area (Å²) < 4.78 is 68.8. The molecule has 0 spiro atoms. The van der Waals surface area contributed by atoms with Gasteiger partial charge in [-0.3, -0.25) is 0 Å². The van der Waals surface area contributed by atoms with Crippen LogP contribution in [0.25, 0.3) is 0 Å². The fourth-order valence-corrected chi connectivity index (χ4v) is 3.38. The highest BCUT2D eigenvalue weighted by molar-refractivity contribution is 7.88. The minimum absolute atomic E-state index is 0.0977. The van der Waals surface area contributed by atoms with E-state index in [0.29, 0.717) is 0 Å². The lowest BCUT2D eigenvalue weighted by molar-refractivity contribution is -0.137. The van der Waals surface area contributed by atoms with E-state index >= 15 is 0 Å². The maximum absolute atomic E-state index is 12.7. The van der Waals surface area contributed by atoms with E-state index in [1.54, 1.807) is 19.9 Å². The Balaban J connectivity index is 3.20. The van der Waals surface area contributed by atoms with E-state index in [-0.39, 0.29) is 31.0 Å². The van der Waals surface area contributed by atoms with E-state index in [1.807, 2.05) is 0 Å². The Labute approximate surface area is 133 Å². The minimum Gasteiger partial charge on any atom is -0.494 e. The molecular formula is C14H17F3N2O3S. The number of ether oxygens (including phenoxy) is 1. The zero-order valence-electron chi connectivity index (χ0n) is 12.7. The van der Waals surface area contributed by atoms with Crippen molar-refractivity contribution in [3.8, 4) is 11.8 Å². The Hall–Kier alpha value is -1.79. The molecule has 0 unspecified atom stereocenters.